The van der Waals surface area contributed by atoms with Gasteiger partial charge in [0.1, 0.15) is 5.76 Å². The minimum absolute atomic E-state index is 0.361. The molecule has 0 N–H and O–H groups in total. The van der Waals surface area contributed by atoms with Crippen molar-refractivity contribution in [1.82, 2.24) is 4.98 Å². The molecule has 0 radical (unpaired) electrons. The molecule has 0 aliphatic rings. The van der Waals surface area contributed by atoms with E-state index in [1.165, 1.54) is 0 Å². The molecule has 84 valence electrons. The Hall–Kier alpha value is -0.700. The van der Waals surface area contributed by atoms with Crippen LogP contribution in [0.3, 0.4) is 0 Å². The number of aromatic nitrogens is 1. The van der Waals surface area contributed by atoms with Gasteiger partial charge < -0.3 is 4.42 Å². The van der Waals surface area contributed by atoms with Gasteiger partial charge in [-0.25, -0.2) is 4.98 Å². The monoisotopic (exact) mass is 225 g/mol. The van der Waals surface area contributed by atoms with Gasteiger partial charge in [0.25, 0.3) is 0 Å². The molecule has 0 aromatic carbocycles. The lowest BCUT2D eigenvalue weighted by Crippen LogP contribution is -2.07. The highest BCUT2D eigenvalue weighted by atomic mass is 32.2. The van der Waals surface area contributed by atoms with Crippen molar-refractivity contribution in [1.29, 1.82) is 0 Å². The van der Waals surface area contributed by atoms with Gasteiger partial charge in [0.05, 0.1) is 6.20 Å². The summed E-state index contributed by atoms with van der Waals surface area (Å²) in [4.78, 5) is 4.15. The van der Waals surface area contributed by atoms with Crippen molar-refractivity contribution in [3.05, 3.63) is 23.3 Å². The molecule has 0 aliphatic carbocycles. The minimum Gasteiger partial charge on any atom is -0.442 e. The predicted octanol–water partition coefficient (Wildman–Crippen LogP) is 3.99. The topological polar surface area (TPSA) is 26.0 Å². The molecule has 3 heteroatoms. The van der Waals surface area contributed by atoms with Gasteiger partial charge in [0, 0.05) is 18.2 Å². The van der Waals surface area contributed by atoms with Crippen molar-refractivity contribution in [2.75, 3.05) is 5.75 Å². The Morgan fingerprint density at radius 2 is 2.20 bits per heavy atom. The maximum absolute atomic E-state index is 5.45. The van der Waals surface area contributed by atoms with Crippen molar-refractivity contribution < 1.29 is 4.42 Å². The zero-order chi connectivity index (χ0) is 11.3. The van der Waals surface area contributed by atoms with E-state index in [0.29, 0.717) is 11.3 Å². The van der Waals surface area contributed by atoms with Gasteiger partial charge in [0.15, 0.2) is 0 Å². The molecule has 0 unspecified atom stereocenters. The number of hydrogen-bond acceptors (Lipinski definition) is 3. The molecule has 0 saturated carbocycles. The summed E-state index contributed by atoms with van der Waals surface area (Å²) < 4.78 is 5.45. The van der Waals surface area contributed by atoms with Crippen LogP contribution in [-0.2, 0) is 6.42 Å². The Balaban J connectivity index is 2.38. The van der Waals surface area contributed by atoms with Crippen LogP contribution in [0.2, 0.25) is 0 Å². The van der Waals surface area contributed by atoms with Crippen molar-refractivity contribution in [2.45, 2.75) is 34.1 Å². The van der Waals surface area contributed by atoms with Gasteiger partial charge >= 0.3 is 0 Å². The number of oxazole rings is 1. The molecule has 0 aliphatic heterocycles. The molecular weight excluding hydrogens is 206 g/mol. The maximum Gasteiger partial charge on any atom is 0.219 e. The molecule has 1 aromatic heterocycles. The SMILES string of the molecule is CCc1cnc(C=CSCC(C)(C)C)o1. The highest BCUT2D eigenvalue weighted by Gasteiger charge is 2.08. The van der Waals surface area contributed by atoms with Crippen LogP contribution in [0.5, 0.6) is 0 Å². The molecule has 0 amide bonds. The summed E-state index contributed by atoms with van der Waals surface area (Å²) in [7, 11) is 0. The number of thioether (sulfide) groups is 1. The second kappa shape index (κ2) is 5.40. The van der Waals surface area contributed by atoms with E-state index in [4.69, 9.17) is 4.42 Å². The van der Waals surface area contributed by atoms with Crippen LogP contribution in [0, 0.1) is 5.41 Å². The van der Waals surface area contributed by atoms with Crippen LogP contribution >= 0.6 is 11.8 Å². The predicted molar refractivity (Wildman–Crippen MR) is 66.8 cm³/mol. The molecule has 1 rings (SSSR count). The summed E-state index contributed by atoms with van der Waals surface area (Å²) in [5, 5.41) is 2.05. The Labute approximate surface area is 96.2 Å². The molecule has 2 nitrogen and oxygen atoms in total. The number of nitrogens with zero attached hydrogens (tertiary/aromatic N) is 1. The van der Waals surface area contributed by atoms with E-state index in [9.17, 15) is 0 Å². The second-order valence-electron chi connectivity index (χ2n) is 4.69. The average Bonchev–Trinajstić information content (AvgIpc) is 2.59. The largest absolute Gasteiger partial charge is 0.442 e. The molecular formula is C12H19NOS. The third kappa shape index (κ3) is 5.07. The normalized spacial score (nSPS) is 12.5. The van der Waals surface area contributed by atoms with Gasteiger partial charge in [-0.05, 0) is 10.8 Å². The third-order valence-electron chi connectivity index (χ3n) is 1.74. The Morgan fingerprint density at radius 3 is 2.73 bits per heavy atom. The first-order valence-electron chi connectivity index (χ1n) is 5.24. The van der Waals surface area contributed by atoms with Crippen molar-refractivity contribution in [3.63, 3.8) is 0 Å². The van der Waals surface area contributed by atoms with Gasteiger partial charge in [0.2, 0.25) is 5.89 Å². The molecule has 15 heavy (non-hydrogen) atoms. The Kier molecular flexibility index (Phi) is 4.45. The van der Waals surface area contributed by atoms with E-state index >= 15 is 0 Å². The van der Waals surface area contributed by atoms with E-state index < -0.39 is 0 Å². The summed E-state index contributed by atoms with van der Waals surface area (Å²) in [6, 6.07) is 0. The highest BCUT2D eigenvalue weighted by Crippen LogP contribution is 2.21. The van der Waals surface area contributed by atoms with Gasteiger partial charge in [-0.3, -0.25) is 0 Å². The number of aryl methyl sites for hydroxylation is 1. The highest BCUT2D eigenvalue weighted by molar-refractivity contribution is 8.02. The van der Waals surface area contributed by atoms with Gasteiger partial charge in [-0.2, -0.15) is 0 Å². The lowest BCUT2D eigenvalue weighted by Gasteiger charge is -2.15. The molecule has 1 aromatic rings. The Morgan fingerprint density at radius 1 is 1.47 bits per heavy atom. The first-order valence-corrected chi connectivity index (χ1v) is 6.29. The first kappa shape index (κ1) is 12.4. The first-order chi connectivity index (χ1) is 7.01. The fourth-order valence-corrected chi connectivity index (χ4v) is 1.78. The van der Waals surface area contributed by atoms with E-state index in [0.717, 1.165) is 17.9 Å². The van der Waals surface area contributed by atoms with Gasteiger partial charge in [-0.15, -0.1) is 11.8 Å². The molecule has 0 atom stereocenters. The van der Waals surface area contributed by atoms with Crippen LogP contribution in [0.1, 0.15) is 39.3 Å². The van der Waals surface area contributed by atoms with Crippen molar-refractivity contribution in [3.8, 4) is 0 Å². The Bertz CT molecular complexity index is 323. The lowest BCUT2D eigenvalue weighted by molar-refractivity contribution is 0.481. The summed E-state index contributed by atoms with van der Waals surface area (Å²) in [5.74, 6) is 2.74. The molecule has 0 spiro atoms. The standard InChI is InChI=1S/C12H19NOS/c1-5-10-8-13-11(14-10)6-7-15-9-12(2,3)4/h6-8H,5,9H2,1-4H3. The third-order valence-corrected chi connectivity index (χ3v) is 3.10. The van der Waals surface area contributed by atoms with Crippen LogP contribution < -0.4 is 0 Å². The van der Waals surface area contributed by atoms with Crippen LogP contribution in [0.4, 0.5) is 0 Å². The molecule has 0 bridgehead atoms. The molecule has 0 fully saturated rings. The maximum atomic E-state index is 5.45. The quantitative estimate of drug-likeness (QED) is 0.775. The van der Waals surface area contributed by atoms with E-state index in [1.807, 2.05) is 6.08 Å². The molecule has 1 heterocycles. The fraction of sp³-hybridized carbons (Fsp3) is 0.583. The fourth-order valence-electron chi connectivity index (χ4n) is 0.968. The summed E-state index contributed by atoms with van der Waals surface area (Å²) in [6.07, 6.45) is 4.61. The lowest BCUT2D eigenvalue weighted by atomic mass is 10.0. The summed E-state index contributed by atoms with van der Waals surface area (Å²) in [6.45, 7) is 8.75. The number of hydrogen-bond donors (Lipinski definition) is 0. The number of rotatable bonds is 4. The minimum atomic E-state index is 0.361. The van der Waals surface area contributed by atoms with Crippen molar-refractivity contribution in [2.24, 2.45) is 5.41 Å². The van der Waals surface area contributed by atoms with Crippen LogP contribution in [0.15, 0.2) is 16.0 Å². The van der Waals surface area contributed by atoms with Crippen LogP contribution in [0.25, 0.3) is 6.08 Å². The summed E-state index contributed by atoms with van der Waals surface area (Å²) in [5.41, 5.74) is 0.361. The summed E-state index contributed by atoms with van der Waals surface area (Å²) >= 11 is 1.79. The van der Waals surface area contributed by atoms with E-state index in [-0.39, 0.29) is 0 Å². The zero-order valence-electron chi connectivity index (χ0n) is 9.91. The van der Waals surface area contributed by atoms with E-state index in [1.54, 1.807) is 18.0 Å². The van der Waals surface area contributed by atoms with Crippen molar-refractivity contribution >= 4 is 17.8 Å². The smallest absolute Gasteiger partial charge is 0.219 e. The van der Waals surface area contributed by atoms with Crippen LogP contribution in [-0.4, -0.2) is 10.7 Å². The zero-order valence-corrected chi connectivity index (χ0v) is 10.7. The van der Waals surface area contributed by atoms with Gasteiger partial charge in [-0.1, -0.05) is 27.7 Å². The second-order valence-corrected chi connectivity index (χ2v) is 5.59. The van der Waals surface area contributed by atoms with E-state index in [2.05, 4.69) is 38.1 Å². The average molecular weight is 225 g/mol. The molecule has 0 saturated heterocycles.